The molecule has 2 aliphatic heterocycles. The highest BCUT2D eigenvalue weighted by Gasteiger charge is 2.38. The average Bonchev–Trinajstić information content (AvgIpc) is 3.11. The monoisotopic (exact) mass is 321 g/mol. The van der Waals surface area contributed by atoms with Crippen LogP contribution in [0, 0.1) is 0 Å². The van der Waals surface area contributed by atoms with Gasteiger partial charge in [0.15, 0.2) is 0 Å². The predicted octanol–water partition coefficient (Wildman–Crippen LogP) is 1.05. The van der Waals surface area contributed by atoms with Crippen molar-refractivity contribution in [2.24, 2.45) is 0 Å². The van der Waals surface area contributed by atoms with E-state index < -0.39 is 0 Å². The normalized spacial score (nSPS) is 21.2. The summed E-state index contributed by atoms with van der Waals surface area (Å²) in [6.07, 6.45) is -0.276. The van der Waals surface area contributed by atoms with Gasteiger partial charge in [0.2, 0.25) is 0 Å². The first-order valence-electron chi connectivity index (χ1n) is 7.85. The number of urea groups is 1. The number of nitrogens with zero attached hydrogens (tertiary/aromatic N) is 3. The molecule has 3 amide bonds. The third kappa shape index (κ3) is 3.25. The van der Waals surface area contributed by atoms with Crippen molar-refractivity contribution in [3.8, 4) is 0 Å². The molecule has 0 aliphatic carbocycles. The molecule has 0 bridgehead atoms. The molecule has 23 heavy (non-hydrogen) atoms. The lowest BCUT2D eigenvalue weighted by molar-refractivity contribution is 0.127. The lowest BCUT2D eigenvalue weighted by Crippen LogP contribution is -2.55. The van der Waals surface area contributed by atoms with Crippen molar-refractivity contribution < 1.29 is 14.3 Å². The van der Waals surface area contributed by atoms with Crippen molar-refractivity contribution in [1.29, 1.82) is 0 Å². The van der Waals surface area contributed by atoms with E-state index in [-0.39, 0.29) is 23.6 Å². The number of carbonyl (C=O) groups excluding carboxylic acids is 2. The summed E-state index contributed by atoms with van der Waals surface area (Å²) in [6, 6.07) is 1.82. The highest BCUT2D eigenvalue weighted by Crippen LogP contribution is 2.20. The summed E-state index contributed by atoms with van der Waals surface area (Å²) in [5.74, 6) is 0. The van der Waals surface area contributed by atoms with Crippen molar-refractivity contribution in [1.82, 2.24) is 25.3 Å². The first-order valence-corrected chi connectivity index (χ1v) is 7.85. The minimum absolute atomic E-state index is 0.0237. The zero-order chi connectivity index (χ0) is 16.6. The SMILES string of the molecule is CC(C)(C)c1cc(CNC(=O)N2CCN3C(=O)OC[C@@H]3C2)[nH]n1. The second-order valence-corrected chi connectivity index (χ2v) is 7.06. The molecule has 3 heterocycles. The van der Waals surface area contributed by atoms with Gasteiger partial charge in [0.25, 0.3) is 0 Å². The van der Waals surface area contributed by atoms with Gasteiger partial charge in [-0.25, -0.2) is 9.59 Å². The van der Waals surface area contributed by atoms with E-state index in [2.05, 4.69) is 36.3 Å². The second kappa shape index (κ2) is 5.75. The van der Waals surface area contributed by atoms with Crippen molar-refractivity contribution >= 4 is 12.1 Å². The zero-order valence-corrected chi connectivity index (χ0v) is 13.8. The number of H-pyrrole nitrogens is 1. The van der Waals surface area contributed by atoms with Crippen molar-refractivity contribution in [2.45, 2.75) is 38.8 Å². The van der Waals surface area contributed by atoms with Crippen molar-refractivity contribution in [2.75, 3.05) is 26.2 Å². The molecule has 2 aliphatic rings. The number of piperazine rings is 1. The van der Waals surface area contributed by atoms with Gasteiger partial charge in [-0.2, -0.15) is 5.10 Å². The minimum atomic E-state index is -0.276. The van der Waals surface area contributed by atoms with Crippen LogP contribution in [0.3, 0.4) is 0 Å². The highest BCUT2D eigenvalue weighted by molar-refractivity contribution is 5.75. The van der Waals surface area contributed by atoms with Crippen LogP contribution >= 0.6 is 0 Å². The third-order valence-electron chi connectivity index (χ3n) is 4.23. The quantitative estimate of drug-likeness (QED) is 0.852. The number of amides is 3. The molecule has 1 atom stereocenters. The highest BCUT2D eigenvalue weighted by atomic mass is 16.6. The molecular formula is C15H23N5O3. The molecule has 2 fully saturated rings. The fourth-order valence-corrected chi connectivity index (χ4v) is 2.79. The van der Waals surface area contributed by atoms with E-state index in [9.17, 15) is 9.59 Å². The van der Waals surface area contributed by atoms with E-state index in [4.69, 9.17) is 4.74 Å². The Hall–Kier alpha value is -2.25. The van der Waals surface area contributed by atoms with Crippen LogP contribution in [-0.2, 0) is 16.7 Å². The van der Waals surface area contributed by atoms with Gasteiger partial charge in [0.05, 0.1) is 24.0 Å². The molecule has 0 saturated carbocycles. The molecule has 8 heteroatoms. The number of aromatic amines is 1. The molecule has 1 aromatic rings. The Morgan fingerprint density at radius 3 is 2.96 bits per heavy atom. The standard InChI is InChI=1S/C15H23N5O3/c1-15(2,3)12-6-10(17-18-12)7-16-13(21)19-4-5-20-11(8-19)9-23-14(20)22/h6,11H,4-5,7-9H2,1-3H3,(H,16,21)(H,17,18)/t11-/m0/s1. The van der Waals surface area contributed by atoms with Gasteiger partial charge in [-0.15, -0.1) is 0 Å². The van der Waals surface area contributed by atoms with Crippen LogP contribution in [0.4, 0.5) is 9.59 Å². The number of nitrogens with one attached hydrogen (secondary N) is 2. The van der Waals surface area contributed by atoms with E-state index in [0.717, 1.165) is 11.4 Å². The van der Waals surface area contributed by atoms with E-state index in [1.54, 1.807) is 9.80 Å². The summed E-state index contributed by atoms with van der Waals surface area (Å²) < 4.78 is 5.01. The maximum Gasteiger partial charge on any atom is 0.410 e. The maximum atomic E-state index is 12.3. The number of ether oxygens (including phenoxy) is 1. The van der Waals surface area contributed by atoms with E-state index in [1.165, 1.54) is 0 Å². The van der Waals surface area contributed by atoms with Crippen molar-refractivity contribution in [3.05, 3.63) is 17.5 Å². The Morgan fingerprint density at radius 2 is 2.26 bits per heavy atom. The van der Waals surface area contributed by atoms with Gasteiger partial charge in [-0.05, 0) is 6.07 Å². The van der Waals surface area contributed by atoms with Crippen LogP contribution in [-0.4, -0.2) is 64.4 Å². The molecule has 1 aromatic heterocycles. The molecule has 2 N–H and O–H groups in total. The lowest BCUT2D eigenvalue weighted by Gasteiger charge is -2.35. The average molecular weight is 321 g/mol. The van der Waals surface area contributed by atoms with Crippen LogP contribution in [0.5, 0.6) is 0 Å². The topological polar surface area (TPSA) is 90.6 Å². The predicted molar refractivity (Wildman–Crippen MR) is 82.9 cm³/mol. The van der Waals surface area contributed by atoms with Crippen LogP contribution in [0.15, 0.2) is 6.07 Å². The van der Waals surface area contributed by atoms with Gasteiger partial charge < -0.3 is 15.0 Å². The molecular weight excluding hydrogens is 298 g/mol. The van der Waals surface area contributed by atoms with Gasteiger partial charge in [0.1, 0.15) is 6.61 Å². The Bertz CT molecular complexity index is 606. The Balaban J connectivity index is 1.52. The van der Waals surface area contributed by atoms with E-state index in [0.29, 0.717) is 32.8 Å². The first-order chi connectivity index (χ1) is 10.8. The molecule has 0 unspecified atom stereocenters. The number of cyclic esters (lactones) is 1. The smallest absolute Gasteiger partial charge is 0.410 e. The fourth-order valence-electron chi connectivity index (χ4n) is 2.79. The molecule has 0 aromatic carbocycles. The van der Waals surface area contributed by atoms with Crippen LogP contribution in [0.1, 0.15) is 32.2 Å². The second-order valence-electron chi connectivity index (χ2n) is 7.06. The molecule has 0 spiro atoms. The number of carbonyl (C=O) groups is 2. The van der Waals surface area contributed by atoms with Gasteiger partial charge in [-0.3, -0.25) is 10.00 Å². The Labute approximate surface area is 135 Å². The molecule has 2 saturated heterocycles. The van der Waals surface area contributed by atoms with Crippen LogP contribution in [0.2, 0.25) is 0 Å². The first kappa shape index (κ1) is 15.6. The van der Waals surface area contributed by atoms with Gasteiger partial charge in [-0.1, -0.05) is 20.8 Å². The molecule has 0 radical (unpaired) electrons. The summed E-state index contributed by atoms with van der Waals surface area (Å²) in [5.41, 5.74) is 1.82. The van der Waals surface area contributed by atoms with Crippen LogP contribution < -0.4 is 5.32 Å². The summed E-state index contributed by atoms with van der Waals surface area (Å²) >= 11 is 0. The lowest BCUT2D eigenvalue weighted by atomic mass is 9.92. The van der Waals surface area contributed by atoms with E-state index in [1.807, 2.05) is 6.07 Å². The minimum Gasteiger partial charge on any atom is -0.447 e. The number of hydrogen-bond donors (Lipinski definition) is 2. The largest absolute Gasteiger partial charge is 0.447 e. The third-order valence-corrected chi connectivity index (χ3v) is 4.23. The van der Waals surface area contributed by atoms with Crippen LogP contribution in [0.25, 0.3) is 0 Å². The number of fused-ring (bicyclic) bond motifs is 1. The Morgan fingerprint density at radius 1 is 1.48 bits per heavy atom. The summed E-state index contributed by atoms with van der Waals surface area (Å²) in [6.45, 7) is 8.60. The maximum absolute atomic E-state index is 12.3. The number of aromatic nitrogens is 2. The summed E-state index contributed by atoms with van der Waals surface area (Å²) in [4.78, 5) is 27.1. The number of hydrogen-bond acceptors (Lipinski definition) is 4. The van der Waals surface area contributed by atoms with Gasteiger partial charge >= 0.3 is 12.1 Å². The van der Waals surface area contributed by atoms with E-state index >= 15 is 0 Å². The Kier molecular flexibility index (Phi) is 3.91. The molecule has 126 valence electrons. The summed E-state index contributed by atoms with van der Waals surface area (Å²) in [7, 11) is 0. The number of rotatable bonds is 2. The fraction of sp³-hybridized carbons (Fsp3) is 0.667. The van der Waals surface area contributed by atoms with Crippen molar-refractivity contribution in [3.63, 3.8) is 0 Å². The molecule has 8 nitrogen and oxygen atoms in total. The zero-order valence-electron chi connectivity index (χ0n) is 13.8. The summed E-state index contributed by atoms with van der Waals surface area (Å²) in [5, 5.41) is 10.1. The molecule has 3 rings (SSSR count). The van der Waals surface area contributed by atoms with Gasteiger partial charge in [0, 0.05) is 25.0 Å².